The van der Waals surface area contributed by atoms with Crippen LogP contribution in [0.15, 0.2) is 24.3 Å². The summed E-state index contributed by atoms with van der Waals surface area (Å²) in [6.07, 6.45) is 2.50. The van der Waals surface area contributed by atoms with Crippen molar-refractivity contribution in [2.45, 2.75) is 26.2 Å². The third-order valence-electron chi connectivity index (χ3n) is 2.67. The van der Waals surface area contributed by atoms with Gasteiger partial charge in [0.15, 0.2) is 0 Å². The maximum absolute atomic E-state index is 11.5. The maximum Gasteiger partial charge on any atom is 0.223 e. The Morgan fingerprint density at radius 2 is 2.15 bits per heavy atom. The zero-order chi connectivity index (χ0) is 14.6. The summed E-state index contributed by atoms with van der Waals surface area (Å²) in [7, 11) is 0. The molecule has 0 saturated carbocycles. The highest BCUT2D eigenvalue weighted by atomic mass is 16.5. The summed E-state index contributed by atoms with van der Waals surface area (Å²) in [5, 5.41) is 2.79. The van der Waals surface area contributed by atoms with Gasteiger partial charge in [0, 0.05) is 24.9 Å². The number of amides is 1. The van der Waals surface area contributed by atoms with Crippen LogP contribution in [0.2, 0.25) is 0 Å². The normalized spacial score (nSPS) is 10.2. The van der Waals surface area contributed by atoms with Gasteiger partial charge in [-0.05, 0) is 18.6 Å². The summed E-state index contributed by atoms with van der Waals surface area (Å²) in [6.45, 7) is 4.31. The average molecular weight is 280 g/mol. The van der Waals surface area contributed by atoms with Crippen molar-refractivity contribution in [3.8, 4) is 5.75 Å². The Morgan fingerprint density at radius 3 is 2.90 bits per heavy atom. The zero-order valence-corrected chi connectivity index (χ0v) is 12.1. The minimum atomic E-state index is -0.0343. The van der Waals surface area contributed by atoms with Gasteiger partial charge in [0.1, 0.15) is 5.75 Å². The molecule has 0 unspecified atom stereocenters. The molecule has 3 N–H and O–H groups in total. The highest BCUT2D eigenvalue weighted by Gasteiger charge is 2.01. The third kappa shape index (κ3) is 7.63. The number of carbonyl (C=O) groups excluding carboxylic acids is 1. The number of nitrogen functional groups attached to an aromatic ring is 1. The van der Waals surface area contributed by atoms with E-state index in [-0.39, 0.29) is 5.91 Å². The van der Waals surface area contributed by atoms with Crippen molar-refractivity contribution >= 4 is 11.6 Å². The van der Waals surface area contributed by atoms with Crippen molar-refractivity contribution in [3.63, 3.8) is 0 Å². The monoisotopic (exact) mass is 280 g/mol. The lowest BCUT2D eigenvalue weighted by molar-refractivity contribution is -0.121. The number of anilines is 1. The Hall–Kier alpha value is -1.75. The molecule has 1 aromatic rings. The fraction of sp³-hybridized carbons (Fsp3) is 0.533. The molecule has 1 aromatic carbocycles. The predicted molar refractivity (Wildman–Crippen MR) is 79.7 cm³/mol. The molecule has 112 valence electrons. The van der Waals surface area contributed by atoms with Crippen LogP contribution in [-0.4, -0.2) is 32.3 Å². The molecular weight excluding hydrogens is 256 g/mol. The Morgan fingerprint density at radius 1 is 1.30 bits per heavy atom. The fourth-order valence-electron chi connectivity index (χ4n) is 1.57. The number of rotatable bonds is 10. The Labute approximate surface area is 120 Å². The Bertz CT molecular complexity index is 396. The first-order chi connectivity index (χ1) is 9.72. The average Bonchev–Trinajstić information content (AvgIpc) is 2.43. The third-order valence-corrected chi connectivity index (χ3v) is 2.67. The molecule has 20 heavy (non-hydrogen) atoms. The second-order valence-electron chi connectivity index (χ2n) is 4.49. The Balaban J connectivity index is 2.03. The largest absolute Gasteiger partial charge is 0.493 e. The van der Waals surface area contributed by atoms with Crippen molar-refractivity contribution in [2.75, 3.05) is 32.1 Å². The van der Waals surface area contributed by atoms with Gasteiger partial charge in [0.05, 0.1) is 19.6 Å². The first-order valence-corrected chi connectivity index (χ1v) is 7.05. The summed E-state index contributed by atoms with van der Waals surface area (Å²) in [4.78, 5) is 11.5. The van der Waals surface area contributed by atoms with Crippen LogP contribution in [0, 0.1) is 0 Å². The highest BCUT2D eigenvalue weighted by molar-refractivity contribution is 5.75. The first kappa shape index (κ1) is 16.3. The minimum Gasteiger partial charge on any atom is -0.493 e. The molecule has 1 amide bonds. The first-order valence-electron chi connectivity index (χ1n) is 7.05. The number of nitrogens with two attached hydrogens (primary N) is 1. The molecule has 0 heterocycles. The number of unbranched alkanes of at least 4 members (excludes halogenated alkanes) is 1. The molecule has 0 atom stereocenters. The summed E-state index contributed by atoms with van der Waals surface area (Å²) < 4.78 is 10.8. The molecule has 0 bridgehead atoms. The van der Waals surface area contributed by atoms with E-state index < -0.39 is 0 Å². The topological polar surface area (TPSA) is 73.6 Å². The summed E-state index contributed by atoms with van der Waals surface area (Å²) in [6, 6.07) is 7.16. The van der Waals surface area contributed by atoms with E-state index in [9.17, 15) is 4.79 Å². The smallest absolute Gasteiger partial charge is 0.223 e. The molecule has 5 nitrogen and oxygen atoms in total. The highest BCUT2D eigenvalue weighted by Crippen LogP contribution is 2.14. The van der Waals surface area contributed by atoms with Crippen LogP contribution in [0.3, 0.4) is 0 Å². The van der Waals surface area contributed by atoms with E-state index in [1.54, 1.807) is 12.1 Å². The molecular formula is C15H24N2O3. The van der Waals surface area contributed by atoms with E-state index in [0.717, 1.165) is 19.4 Å². The summed E-state index contributed by atoms with van der Waals surface area (Å²) >= 11 is 0. The van der Waals surface area contributed by atoms with E-state index in [0.29, 0.717) is 37.6 Å². The SMILES string of the molecule is CCCCOCCNC(=O)CCOc1cccc(N)c1. The van der Waals surface area contributed by atoms with Gasteiger partial charge in [-0.25, -0.2) is 0 Å². The lowest BCUT2D eigenvalue weighted by atomic mass is 10.3. The molecule has 0 saturated heterocycles. The summed E-state index contributed by atoms with van der Waals surface area (Å²) in [5.41, 5.74) is 6.28. The molecule has 0 aliphatic heterocycles. The van der Waals surface area contributed by atoms with Crippen molar-refractivity contribution in [3.05, 3.63) is 24.3 Å². The number of nitrogens with one attached hydrogen (secondary N) is 1. The van der Waals surface area contributed by atoms with Gasteiger partial charge in [-0.1, -0.05) is 19.4 Å². The van der Waals surface area contributed by atoms with Crippen LogP contribution in [0.25, 0.3) is 0 Å². The van der Waals surface area contributed by atoms with E-state index >= 15 is 0 Å². The number of hydrogen-bond acceptors (Lipinski definition) is 4. The van der Waals surface area contributed by atoms with E-state index in [2.05, 4.69) is 12.2 Å². The number of benzene rings is 1. The van der Waals surface area contributed by atoms with Gasteiger partial charge in [-0.15, -0.1) is 0 Å². The molecule has 0 aromatic heterocycles. The van der Waals surface area contributed by atoms with Crippen molar-refractivity contribution in [1.29, 1.82) is 0 Å². The molecule has 0 spiro atoms. The quantitative estimate of drug-likeness (QED) is 0.507. The van der Waals surface area contributed by atoms with Crippen LogP contribution < -0.4 is 15.8 Å². The van der Waals surface area contributed by atoms with Gasteiger partial charge in [0.25, 0.3) is 0 Å². The van der Waals surface area contributed by atoms with Crippen LogP contribution >= 0.6 is 0 Å². The van der Waals surface area contributed by atoms with Gasteiger partial charge >= 0.3 is 0 Å². The van der Waals surface area contributed by atoms with Crippen LogP contribution in [0.4, 0.5) is 5.69 Å². The molecule has 0 radical (unpaired) electrons. The van der Waals surface area contributed by atoms with Gasteiger partial charge in [0.2, 0.25) is 5.91 Å². The second kappa shape index (κ2) is 10.1. The lowest BCUT2D eigenvalue weighted by Gasteiger charge is -2.08. The van der Waals surface area contributed by atoms with Crippen LogP contribution in [-0.2, 0) is 9.53 Å². The van der Waals surface area contributed by atoms with Crippen molar-refractivity contribution < 1.29 is 14.3 Å². The van der Waals surface area contributed by atoms with Gasteiger partial charge in [-0.2, -0.15) is 0 Å². The fourth-order valence-corrected chi connectivity index (χ4v) is 1.57. The maximum atomic E-state index is 11.5. The zero-order valence-electron chi connectivity index (χ0n) is 12.1. The standard InChI is InChI=1S/C15H24N2O3/c1-2-3-9-19-11-8-17-15(18)7-10-20-14-6-4-5-13(16)12-14/h4-6,12H,2-3,7-11,16H2,1H3,(H,17,18). The van der Waals surface area contributed by atoms with Crippen molar-refractivity contribution in [1.82, 2.24) is 5.32 Å². The second-order valence-corrected chi connectivity index (χ2v) is 4.49. The molecule has 0 aliphatic carbocycles. The molecule has 1 rings (SSSR count). The van der Waals surface area contributed by atoms with Crippen molar-refractivity contribution in [2.24, 2.45) is 0 Å². The lowest BCUT2D eigenvalue weighted by Crippen LogP contribution is -2.28. The molecule has 0 fully saturated rings. The van der Waals surface area contributed by atoms with E-state index in [1.165, 1.54) is 0 Å². The van der Waals surface area contributed by atoms with Crippen LogP contribution in [0.5, 0.6) is 5.75 Å². The number of carbonyl (C=O) groups is 1. The minimum absolute atomic E-state index is 0.0343. The number of ether oxygens (including phenoxy) is 2. The van der Waals surface area contributed by atoms with Crippen LogP contribution in [0.1, 0.15) is 26.2 Å². The molecule has 5 heteroatoms. The molecule has 0 aliphatic rings. The predicted octanol–water partition coefficient (Wildman–Crippen LogP) is 1.97. The number of hydrogen-bond donors (Lipinski definition) is 2. The van der Waals surface area contributed by atoms with Gasteiger partial charge < -0.3 is 20.5 Å². The summed E-state index contributed by atoms with van der Waals surface area (Å²) in [5.74, 6) is 0.647. The van der Waals surface area contributed by atoms with Gasteiger partial charge in [-0.3, -0.25) is 4.79 Å². The van der Waals surface area contributed by atoms with E-state index in [1.807, 2.05) is 12.1 Å². The van der Waals surface area contributed by atoms with E-state index in [4.69, 9.17) is 15.2 Å². The Kier molecular flexibility index (Phi) is 8.22.